The van der Waals surface area contributed by atoms with Gasteiger partial charge in [-0.2, -0.15) is 0 Å². The predicted molar refractivity (Wildman–Crippen MR) is 66.1 cm³/mol. The Balaban J connectivity index is 2.58. The molecule has 2 aromatic carbocycles. The van der Waals surface area contributed by atoms with E-state index in [-0.39, 0.29) is 0 Å². The van der Waals surface area contributed by atoms with E-state index in [1.165, 1.54) is 0 Å². The molecule has 3 nitrogen and oxygen atoms in total. The van der Waals surface area contributed by atoms with Crippen molar-refractivity contribution in [1.29, 1.82) is 0 Å². The summed E-state index contributed by atoms with van der Waals surface area (Å²) in [6.45, 7) is 0. The Morgan fingerprint density at radius 1 is 1.00 bits per heavy atom. The van der Waals surface area contributed by atoms with Gasteiger partial charge >= 0.3 is 0 Å². The second-order valence-electron chi connectivity index (χ2n) is 3.78. The van der Waals surface area contributed by atoms with Crippen molar-refractivity contribution in [2.24, 2.45) is 0 Å². The monoisotopic (exact) mass is 235 g/mol. The van der Waals surface area contributed by atoms with Gasteiger partial charge in [-0.15, -0.1) is 0 Å². The van der Waals surface area contributed by atoms with Gasteiger partial charge in [-0.3, -0.25) is 9.59 Å². The molecule has 0 fully saturated rings. The van der Waals surface area contributed by atoms with Crippen molar-refractivity contribution in [3.63, 3.8) is 0 Å². The topological polar surface area (TPSA) is 37.4 Å². The molecule has 0 heterocycles. The summed E-state index contributed by atoms with van der Waals surface area (Å²) < 4.78 is 0. The molecule has 4 heteroatoms. The fourth-order valence-electron chi connectivity index (χ4n) is 1.69. The summed E-state index contributed by atoms with van der Waals surface area (Å²) in [5.41, 5.74) is 0.831. The van der Waals surface area contributed by atoms with Crippen molar-refractivity contribution in [1.82, 2.24) is 0 Å². The Kier molecular flexibility index (Phi) is 2.56. The highest BCUT2D eigenvalue weighted by molar-refractivity contribution is 6.30. The molecule has 0 N–H and O–H groups in total. The van der Waals surface area contributed by atoms with Crippen LogP contribution < -0.4 is 15.8 Å². The number of hydrogen-bond donors (Lipinski definition) is 0. The fourth-order valence-corrected chi connectivity index (χ4v) is 1.82. The zero-order chi connectivity index (χ0) is 11.9. The maximum absolute atomic E-state index is 11.5. The van der Waals surface area contributed by atoms with Gasteiger partial charge in [0.25, 0.3) is 0 Å². The minimum absolute atomic E-state index is 0.421. The predicted octanol–water partition coefficient (Wildman–Crippen LogP) is 1.67. The summed E-state index contributed by atoms with van der Waals surface area (Å²) in [6.07, 6.45) is 0. The number of nitrogens with zero attached hydrogens (tertiary/aromatic N) is 1. The zero-order valence-corrected chi connectivity index (χ0v) is 9.71. The normalized spacial score (nSPS) is 10.7. The molecule has 0 amide bonds. The van der Waals surface area contributed by atoms with Gasteiger partial charge in [0.1, 0.15) is 5.69 Å². The molecule has 0 unspecified atom stereocenters. The molecule has 0 aromatic heterocycles. The van der Waals surface area contributed by atoms with E-state index >= 15 is 0 Å². The summed E-state index contributed by atoms with van der Waals surface area (Å²) in [6, 6.07) is 6.89. The molecule has 0 saturated carbocycles. The van der Waals surface area contributed by atoms with Crippen molar-refractivity contribution in [2.45, 2.75) is 0 Å². The van der Waals surface area contributed by atoms with Crippen LogP contribution in [0.3, 0.4) is 0 Å². The molecule has 0 aliphatic heterocycles. The van der Waals surface area contributed by atoms with Gasteiger partial charge in [-0.05, 0) is 17.7 Å². The molecular weight excluding hydrogens is 226 g/mol. The summed E-state index contributed by atoms with van der Waals surface area (Å²) in [5.74, 6) is 0. The first-order chi connectivity index (χ1) is 7.52. The maximum atomic E-state index is 11.5. The van der Waals surface area contributed by atoms with Gasteiger partial charge in [-0.1, -0.05) is 23.7 Å². The van der Waals surface area contributed by atoms with E-state index in [2.05, 4.69) is 0 Å². The van der Waals surface area contributed by atoms with Crippen LogP contribution in [0.25, 0.3) is 11.1 Å². The first kappa shape index (κ1) is 10.9. The van der Waals surface area contributed by atoms with Crippen molar-refractivity contribution in [2.75, 3.05) is 19.0 Å². The molecule has 0 aliphatic rings. The van der Waals surface area contributed by atoms with Crippen LogP contribution >= 0.6 is 11.6 Å². The second kappa shape index (κ2) is 3.76. The lowest BCUT2D eigenvalue weighted by Gasteiger charge is -2.18. The van der Waals surface area contributed by atoms with Gasteiger partial charge in [0.15, 0.2) is 0 Å². The number of anilines is 1. The summed E-state index contributed by atoms with van der Waals surface area (Å²) in [7, 11) is 3.49. The molecular formula is C12H10ClNO2. The molecule has 2 rings (SSSR count). The largest absolute Gasteiger partial charge is 0.374 e. The Morgan fingerprint density at radius 3 is 2.06 bits per heavy atom. The average molecular weight is 236 g/mol. The lowest BCUT2D eigenvalue weighted by Crippen LogP contribution is -2.39. The van der Waals surface area contributed by atoms with Gasteiger partial charge < -0.3 is 4.90 Å². The van der Waals surface area contributed by atoms with Gasteiger partial charge in [-0.25, -0.2) is 0 Å². The van der Waals surface area contributed by atoms with Crippen molar-refractivity contribution >= 4 is 17.3 Å². The fraction of sp³-hybridized carbons (Fsp3) is 0.167. The molecule has 2 aromatic rings. The van der Waals surface area contributed by atoms with Gasteiger partial charge in [0, 0.05) is 19.1 Å². The van der Waals surface area contributed by atoms with Crippen molar-refractivity contribution < 1.29 is 0 Å². The highest BCUT2D eigenvalue weighted by atomic mass is 35.5. The molecule has 0 saturated heterocycles. The van der Waals surface area contributed by atoms with E-state index in [0.29, 0.717) is 16.3 Å². The number of rotatable bonds is 2. The van der Waals surface area contributed by atoms with E-state index in [0.717, 1.165) is 5.56 Å². The standard InChI is InChI=1S/C12H10ClNO2/c1-14(2)10-9(11(15)12(10)16)7-3-5-8(13)6-4-7/h3-6H,1-2H3. The maximum Gasteiger partial charge on any atom is 0.250 e. The van der Waals surface area contributed by atoms with Crippen LogP contribution in [0.1, 0.15) is 0 Å². The molecule has 82 valence electrons. The molecule has 0 aliphatic carbocycles. The van der Waals surface area contributed by atoms with Crippen LogP contribution in [0.15, 0.2) is 33.9 Å². The molecule has 0 atom stereocenters. The average Bonchev–Trinajstić information content (AvgIpc) is 2.25. The number of hydrogen-bond acceptors (Lipinski definition) is 3. The minimum atomic E-state index is -0.425. The van der Waals surface area contributed by atoms with Crippen molar-refractivity contribution in [3.8, 4) is 11.1 Å². The smallest absolute Gasteiger partial charge is 0.250 e. The third-order valence-corrected chi connectivity index (χ3v) is 2.72. The third kappa shape index (κ3) is 1.53. The Morgan fingerprint density at radius 2 is 1.56 bits per heavy atom. The summed E-state index contributed by atoms with van der Waals surface area (Å²) in [4.78, 5) is 24.5. The Labute approximate surface area is 97.6 Å². The molecule has 0 radical (unpaired) electrons. The van der Waals surface area contributed by atoms with Crippen LogP contribution in [0.5, 0.6) is 0 Å². The van der Waals surface area contributed by atoms with Crippen LogP contribution in [0.4, 0.5) is 5.69 Å². The van der Waals surface area contributed by atoms with E-state index in [1.807, 2.05) is 0 Å². The number of benzene rings is 1. The Hall–Kier alpha value is -1.61. The number of halogens is 1. The van der Waals surface area contributed by atoms with Crippen LogP contribution in [0.2, 0.25) is 5.02 Å². The van der Waals surface area contributed by atoms with E-state index in [4.69, 9.17) is 11.6 Å². The van der Waals surface area contributed by atoms with E-state index in [9.17, 15) is 9.59 Å². The Bertz CT molecular complexity index is 592. The quantitative estimate of drug-likeness (QED) is 0.743. The first-order valence-electron chi connectivity index (χ1n) is 4.79. The van der Waals surface area contributed by atoms with Crippen LogP contribution in [-0.2, 0) is 0 Å². The minimum Gasteiger partial charge on any atom is -0.374 e. The molecule has 0 bridgehead atoms. The molecule has 0 spiro atoms. The van der Waals surface area contributed by atoms with Crippen LogP contribution in [0, 0.1) is 0 Å². The van der Waals surface area contributed by atoms with Gasteiger partial charge in [0.05, 0.1) is 5.56 Å². The zero-order valence-electron chi connectivity index (χ0n) is 8.95. The highest BCUT2D eigenvalue weighted by Gasteiger charge is 2.23. The first-order valence-corrected chi connectivity index (χ1v) is 5.16. The van der Waals surface area contributed by atoms with Crippen molar-refractivity contribution in [3.05, 3.63) is 49.7 Å². The van der Waals surface area contributed by atoms with E-state index < -0.39 is 10.9 Å². The van der Waals surface area contributed by atoms with Crippen LogP contribution in [-0.4, -0.2) is 14.1 Å². The lowest BCUT2D eigenvalue weighted by molar-refractivity contribution is 1.10. The summed E-state index contributed by atoms with van der Waals surface area (Å²) >= 11 is 5.76. The third-order valence-electron chi connectivity index (χ3n) is 2.47. The van der Waals surface area contributed by atoms with Gasteiger partial charge in [0.2, 0.25) is 10.9 Å². The van der Waals surface area contributed by atoms with E-state index in [1.54, 1.807) is 43.3 Å². The second-order valence-corrected chi connectivity index (χ2v) is 4.22. The summed E-state index contributed by atoms with van der Waals surface area (Å²) in [5, 5.41) is 0.605. The highest BCUT2D eigenvalue weighted by Crippen LogP contribution is 2.26. The SMILES string of the molecule is CN(C)c1c(-c2ccc(Cl)cc2)c(=O)c1=O. The lowest BCUT2D eigenvalue weighted by atomic mass is 9.98. The molecule has 16 heavy (non-hydrogen) atoms.